The number of phenolic OH excluding ortho intramolecular Hbond substituents is 3. The highest BCUT2D eigenvalue weighted by Gasteiger charge is 2.52. The van der Waals surface area contributed by atoms with Crippen LogP contribution in [-0.2, 0) is 11.2 Å². The molecule has 0 fully saturated rings. The molecule has 2 aliphatic heterocycles. The number of nitrogens with one attached hydrogen (secondary N) is 1. The summed E-state index contributed by atoms with van der Waals surface area (Å²) >= 11 is 0. The standard InChI is InChI=1S/C27H22N2O12/c1-38-25(36)15-5-9-4-10-14(31)8-27(40-23(10)21(34)16(9)26(37)39-15)7-11-19(32)17-13(30)6-12(29-3-2-28)20(33)18(17)22(35)24(11)41-27/h4-6,14,29,31-32,34-35H,2-3,7-8,28H2,1H3. The summed E-state index contributed by atoms with van der Waals surface area (Å²) in [6.07, 6.45) is -0.983. The van der Waals surface area contributed by atoms with Crippen molar-refractivity contribution >= 4 is 28.3 Å². The van der Waals surface area contributed by atoms with Gasteiger partial charge in [0.2, 0.25) is 11.5 Å². The smallest absolute Gasteiger partial charge is 0.374 e. The van der Waals surface area contributed by atoms with Gasteiger partial charge in [-0.3, -0.25) is 9.59 Å². The zero-order valence-corrected chi connectivity index (χ0v) is 21.3. The number of Topliss-reactive ketones (excluding diaryl/α,β-unsaturated/α-hetero) is 1. The molecule has 41 heavy (non-hydrogen) atoms. The molecule has 0 radical (unpaired) electrons. The number of benzene rings is 2. The van der Waals surface area contributed by atoms with E-state index in [1.54, 1.807) is 0 Å². The van der Waals surface area contributed by atoms with Gasteiger partial charge in [-0.05, 0) is 17.5 Å². The first-order valence-electron chi connectivity index (χ1n) is 12.3. The zero-order chi connectivity index (χ0) is 29.4. The quantitative estimate of drug-likeness (QED) is 0.188. The lowest BCUT2D eigenvalue weighted by Crippen LogP contribution is -2.45. The monoisotopic (exact) mass is 566 g/mol. The predicted octanol–water partition coefficient (Wildman–Crippen LogP) is 0.655. The summed E-state index contributed by atoms with van der Waals surface area (Å²) in [6, 6.07) is 2.50. The van der Waals surface area contributed by atoms with Gasteiger partial charge in [-0.25, -0.2) is 9.59 Å². The number of phenols is 3. The number of hydrogen-bond donors (Lipinski definition) is 6. The normalized spacial score (nSPS) is 20.6. The fourth-order valence-electron chi connectivity index (χ4n) is 5.42. The van der Waals surface area contributed by atoms with Crippen molar-refractivity contribution in [3.05, 3.63) is 62.3 Å². The van der Waals surface area contributed by atoms with Gasteiger partial charge in [-0.15, -0.1) is 0 Å². The number of carbonyl (C=O) groups is 3. The summed E-state index contributed by atoms with van der Waals surface area (Å²) in [5.41, 5.74) is 3.35. The van der Waals surface area contributed by atoms with Gasteiger partial charge < -0.3 is 50.1 Å². The predicted molar refractivity (Wildman–Crippen MR) is 136 cm³/mol. The topological polar surface area (TPSA) is 228 Å². The lowest BCUT2D eigenvalue weighted by molar-refractivity contribution is -0.139. The molecule has 0 saturated carbocycles. The molecule has 0 amide bonds. The van der Waals surface area contributed by atoms with E-state index >= 15 is 0 Å². The van der Waals surface area contributed by atoms with Gasteiger partial charge in [-0.2, -0.15) is 0 Å². The first kappa shape index (κ1) is 26.2. The molecule has 7 N–H and O–H groups in total. The molecule has 1 aromatic heterocycles. The Morgan fingerprint density at radius 2 is 1.83 bits per heavy atom. The second-order valence-corrected chi connectivity index (χ2v) is 9.73. The number of ether oxygens (including phenoxy) is 3. The van der Waals surface area contributed by atoms with Crippen LogP contribution in [0.5, 0.6) is 28.7 Å². The van der Waals surface area contributed by atoms with Gasteiger partial charge in [0.05, 0.1) is 42.9 Å². The van der Waals surface area contributed by atoms with E-state index in [9.17, 15) is 39.6 Å². The van der Waals surface area contributed by atoms with E-state index in [1.165, 1.54) is 12.1 Å². The first-order chi connectivity index (χ1) is 19.5. The number of methoxy groups -OCH3 is 1. The lowest BCUT2D eigenvalue weighted by Gasteiger charge is -2.37. The minimum atomic E-state index is -1.83. The third-order valence-corrected chi connectivity index (χ3v) is 7.23. The van der Waals surface area contributed by atoms with E-state index in [2.05, 4.69) is 10.1 Å². The molecule has 3 heterocycles. The Balaban J connectivity index is 1.43. The van der Waals surface area contributed by atoms with Crippen LogP contribution in [0.2, 0.25) is 0 Å². The van der Waals surface area contributed by atoms with Crippen LogP contribution < -0.4 is 26.1 Å². The van der Waals surface area contributed by atoms with Gasteiger partial charge in [0.15, 0.2) is 28.8 Å². The fraction of sp³-hybridized carbons (Fsp3) is 0.259. The minimum absolute atomic E-state index is 0.0551. The number of rotatable bonds is 4. The van der Waals surface area contributed by atoms with Gasteiger partial charge in [0.25, 0.3) is 5.79 Å². The highest BCUT2D eigenvalue weighted by atomic mass is 16.7. The van der Waals surface area contributed by atoms with Crippen molar-refractivity contribution in [1.29, 1.82) is 0 Å². The van der Waals surface area contributed by atoms with Crippen molar-refractivity contribution in [3.63, 3.8) is 0 Å². The number of carbonyl (C=O) groups excluding carboxylic acids is 3. The van der Waals surface area contributed by atoms with E-state index < -0.39 is 69.2 Å². The number of fused-ring (bicyclic) bond motifs is 4. The average Bonchev–Trinajstić information content (AvgIpc) is 3.31. The molecular weight excluding hydrogens is 544 g/mol. The van der Waals surface area contributed by atoms with E-state index in [0.29, 0.717) is 0 Å². The van der Waals surface area contributed by atoms with Crippen LogP contribution in [0.25, 0.3) is 10.8 Å². The number of ketones is 2. The summed E-state index contributed by atoms with van der Waals surface area (Å²) < 4.78 is 21.4. The molecule has 1 spiro atoms. The Kier molecular flexibility index (Phi) is 5.72. The van der Waals surface area contributed by atoms with Crippen LogP contribution in [-0.4, -0.2) is 63.9 Å². The number of aromatic hydroxyl groups is 3. The summed E-state index contributed by atoms with van der Waals surface area (Å²) in [5.74, 6) is -7.41. The van der Waals surface area contributed by atoms with Crippen molar-refractivity contribution in [2.75, 3.05) is 20.2 Å². The second-order valence-electron chi connectivity index (χ2n) is 9.73. The van der Waals surface area contributed by atoms with E-state index in [4.69, 9.17) is 19.6 Å². The van der Waals surface area contributed by atoms with Crippen molar-refractivity contribution < 1.29 is 53.4 Å². The van der Waals surface area contributed by atoms with Crippen molar-refractivity contribution in [3.8, 4) is 28.7 Å². The summed E-state index contributed by atoms with van der Waals surface area (Å²) in [6.45, 7) is 0.333. The number of hydrogen-bond acceptors (Lipinski definition) is 14. The van der Waals surface area contributed by atoms with E-state index in [0.717, 1.165) is 13.2 Å². The minimum Gasteiger partial charge on any atom is -0.507 e. The summed E-state index contributed by atoms with van der Waals surface area (Å²) in [4.78, 5) is 50.5. The molecule has 14 heteroatoms. The van der Waals surface area contributed by atoms with Crippen molar-refractivity contribution in [2.24, 2.45) is 5.73 Å². The zero-order valence-electron chi connectivity index (χ0n) is 21.3. The molecule has 0 bridgehead atoms. The van der Waals surface area contributed by atoms with Crippen LogP contribution in [0.4, 0.5) is 0 Å². The van der Waals surface area contributed by atoms with Gasteiger partial charge in [-0.1, -0.05) is 0 Å². The number of aliphatic hydroxyl groups excluding tert-OH is 1. The Labute approximate surface area is 229 Å². The van der Waals surface area contributed by atoms with Crippen molar-refractivity contribution in [2.45, 2.75) is 24.7 Å². The second kappa shape index (κ2) is 8.97. The maximum atomic E-state index is 13.1. The van der Waals surface area contributed by atoms with Crippen LogP contribution in [0.1, 0.15) is 54.9 Å². The average molecular weight is 566 g/mol. The number of allylic oxidation sites excluding steroid dienone is 2. The highest BCUT2D eigenvalue weighted by molar-refractivity contribution is 6.27. The van der Waals surface area contributed by atoms with E-state index in [-0.39, 0.29) is 65.0 Å². The molecule has 2 aromatic carbocycles. The van der Waals surface area contributed by atoms with Crippen LogP contribution in [0.15, 0.2) is 33.1 Å². The first-order valence-corrected chi connectivity index (χ1v) is 12.3. The van der Waals surface area contributed by atoms with Gasteiger partial charge >= 0.3 is 11.6 Å². The summed E-state index contributed by atoms with van der Waals surface area (Å²) in [5, 5.41) is 46.6. The molecule has 212 valence electrons. The summed E-state index contributed by atoms with van der Waals surface area (Å²) in [7, 11) is 1.10. The Bertz CT molecular complexity index is 1810. The maximum Gasteiger partial charge on any atom is 0.374 e. The lowest BCUT2D eigenvalue weighted by atomic mass is 9.86. The molecule has 3 aromatic rings. The molecule has 3 aliphatic rings. The van der Waals surface area contributed by atoms with Crippen LogP contribution in [0.3, 0.4) is 0 Å². The Hall–Kier alpha value is -5.08. The Morgan fingerprint density at radius 1 is 1.10 bits per heavy atom. The molecule has 1 aliphatic carbocycles. The largest absolute Gasteiger partial charge is 0.507 e. The molecule has 2 atom stereocenters. The van der Waals surface area contributed by atoms with Gasteiger partial charge in [0.1, 0.15) is 11.1 Å². The Morgan fingerprint density at radius 3 is 2.54 bits per heavy atom. The fourth-order valence-corrected chi connectivity index (χ4v) is 5.42. The van der Waals surface area contributed by atoms with E-state index in [1.807, 2.05) is 0 Å². The van der Waals surface area contributed by atoms with Crippen LogP contribution >= 0.6 is 0 Å². The molecule has 14 nitrogen and oxygen atoms in total. The molecule has 0 saturated heterocycles. The number of aliphatic hydroxyl groups is 1. The molecule has 2 unspecified atom stereocenters. The van der Waals surface area contributed by atoms with Crippen molar-refractivity contribution in [1.82, 2.24) is 5.32 Å². The third-order valence-electron chi connectivity index (χ3n) is 7.23. The maximum absolute atomic E-state index is 13.1. The van der Waals surface area contributed by atoms with Crippen LogP contribution in [0, 0.1) is 0 Å². The third kappa shape index (κ3) is 3.72. The number of nitrogens with two attached hydrogens (primary N) is 1. The van der Waals surface area contributed by atoms with Gasteiger partial charge in [0, 0.05) is 30.3 Å². The SMILES string of the molecule is COC(=O)c1cc2cc3c(c(O)c2c(=O)o1)OC1(Cc2c(O)c4c(c(O)c2O1)C(=O)C(NCCN)=CC4=O)CC3O. The number of esters is 1. The molecular formula is C27H22N2O12. The molecule has 6 rings (SSSR count). The highest BCUT2D eigenvalue weighted by Crippen LogP contribution is 2.56.